The zero-order chi connectivity index (χ0) is 31.6. The summed E-state index contributed by atoms with van der Waals surface area (Å²) in [5.41, 5.74) is 0. The van der Waals surface area contributed by atoms with Crippen LogP contribution in [0.15, 0.2) is 0 Å². The first-order valence-electron chi connectivity index (χ1n) is 15.3. The van der Waals surface area contributed by atoms with Crippen LogP contribution in [0.25, 0.3) is 0 Å². The topological polar surface area (TPSA) is 108 Å². The smallest absolute Gasteiger partial charge is 0.245 e. The van der Waals surface area contributed by atoms with Gasteiger partial charge in [0.05, 0.1) is 30.7 Å². The van der Waals surface area contributed by atoms with Crippen LogP contribution < -0.4 is 5.32 Å². The molecule has 41 heavy (non-hydrogen) atoms. The van der Waals surface area contributed by atoms with Crippen LogP contribution >= 0.6 is 0 Å². The van der Waals surface area contributed by atoms with E-state index >= 15 is 0 Å². The number of nitrogens with zero attached hydrogens (tertiary/aromatic N) is 3. The van der Waals surface area contributed by atoms with E-state index in [0.717, 1.165) is 12.8 Å². The molecule has 0 aromatic heterocycles. The summed E-state index contributed by atoms with van der Waals surface area (Å²) in [6.07, 6.45) is 1.57. The second-order valence-corrected chi connectivity index (χ2v) is 12.3. The van der Waals surface area contributed by atoms with Gasteiger partial charge in [0, 0.05) is 45.3 Å². The van der Waals surface area contributed by atoms with E-state index in [4.69, 9.17) is 9.47 Å². The van der Waals surface area contributed by atoms with E-state index in [0.29, 0.717) is 19.5 Å². The third kappa shape index (κ3) is 10.0. The minimum atomic E-state index is -0.657. The molecule has 1 rings (SSSR count). The van der Waals surface area contributed by atoms with Gasteiger partial charge >= 0.3 is 0 Å². The molecule has 0 aliphatic carbocycles. The Morgan fingerprint density at radius 3 is 2.07 bits per heavy atom. The van der Waals surface area contributed by atoms with E-state index in [2.05, 4.69) is 5.32 Å². The van der Waals surface area contributed by atoms with Crippen LogP contribution in [0.2, 0.25) is 0 Å². The number of amides is 3. The average molecular weight is 583 g/mol. The van der Waals surface area contributed by atoms with Gasteiger partial charge in [0.25, 0.3) is 0 Å². The summed E-state index contributed by atoms with van der Waals surface area (Å²) in [4.78, 5) is 57.8. The maximum absolute atomic E-state index is 13.7. The summed E-state index contributed by atoms with van der Waals surface area (Å²) in [6.45, 7) is 18.1. The third-order valence-electron chi connectivity index (χ3n) is 8.94. The molecule has 10 nitrogen and oxygen atoms in total. The van der Waals surface area contributed by atoms with E-state index < -0.39 is 12.1 Å². The van der Waals surface area contributed by atoms with Gasteiger partial charge in [0.2, 0.25) is 17.7 Å². The summed E-state index contributed by atoms with van der Waals surface area (Å²) < 4.78 is 11.4. The van der Waals surface area contributed by atoms with E-state index in [1.807, 2.05) is 72.2 Å². The molecular formula is C31H58N4O6. The summed E-state index contributed by atoms with van der Waals surface area (Å²) >= 11 is 0. The molecule has 1 N–H and O–H groups in total. The van der Waals surface area contributed by atoms with Gasteiger partial charge in [-0.25, -0.2) is 0 Å². The van der Waals surface area contributed by atoms with Crippen molar-refractivity contribution in [3.8, 4) is 0 Å². The van der Waals surface area contributed by atoms with E-state index in [1.165, 1.54) is 0 Å². The number of carbonyl (C=O) groups is 4. The molecule has 0 saturated carbocycles. The molecule has 3 amide bonds. The molecule has 10 heteroatoms. The number of likely N-dealkylation sites (N-methyl/N-ethyl adjacent to an activating group) is 2. The van der Waals surface area contributed by atoms with Crippen molar-refractivity contribution in [3.05, 3.63) is 0 Å². The van der Waals surface area contributed by atoms with Crippen molar-refractivity contribution in [2.24, 2.45) is 11.8 Å². The Kier molecular flexibility index (Phi) is 15.5. The fraction of sp³-hybridized carbons (Fsp3) is 0.871. The molecule has 238 valence electrons. The molecule has 1 heterocycles. The van der Waals surface area contributed by atoms with Gasteiger partial charge in [-0.05, 0) is 73.8 Å². The molecule has 0 bridgehead atoms. The number of Topliss-reactive ketones (excluding diaryl/α,β-unsaturated/α-hetero) is 1. The molecule has 1 aliphatic heterocycles. The Bertz CT molecular complexity index is 866. The number of nitrogens with one attached hydrogen (secondary N) is 1. The van der Waals surface area contributed by atoms with Crippen molar-refractivity contribution in [1.29, 1.82) is 0 Å². The first kappa shape index (κ1) is 37.0. The van der Waals surface area contributed by atoms with E-state index in [1.54, 1.807) is 26.0 Å². The number of likely N-dealkylation sites (tertiary alicyclic amines) is 1. The molecule has 7 atom stereocenters. The van der Waals surface area contributed by atoms with Crippen molar-refractivity contribution >= 4 is 23.5 Å². The lowest BCUT2D eigenvalue weighted by Crippen LogP contribution is -2.57. The van der Waals surface area contributed by atoms with Gasteiger partial charge in [-0.3, -0.25) is 24.1 Å². The Balaban J connectivity index is 2.96. The van der Waals surface area contributed by atoms with Crippen molar-refractivity contribution in [2.45, 2.75) is 130 Å². The number of carbonyl (C=O) groups excluding carboxylic acids is 4. The zero-order valence-electron chi connectivity index (χ0n) is 27.7. The fourth-order valence-corrected chi connectivity index (χ4v) is 5.74. The molecule has 1 fully saturated rings. The van der Waals surface area contributed by atoms with Crippen LogP contribution in [0.5, 0.6) is 0 Å². The SMILES string of the molecule is CCN(C(=O)[C@@H](NC(=O)[C@H](C)N(C)C(C)C)C(C)C)[C@@H](C)C[C@@H](CC(=O)N1CCC[C@H]1[C@H](OC)[C@@H](C)C(C)=O)OC. The Morgan fingerprint density at radius 1 is 1.00 bits per heavy atom. The van der Waals surface area contributed by atoms with Crippen molar-refractivity contribution in [3.63, 3.8) is 0 Å². The Labute approximate surface area is 248 Å². The zero-order valence-corrected chi connectivity index (χ0v) is 27.7. The first-order valence-corrected chi connectivity index (χ1v) is 15.3. The molecule has 1 saturated heterocycles. The highest BCUT2D eigenvalue weighted by Crippen LogP contribution is 2.28. The van der Waals surface area contributed by atoms with Crippen molar-refractivity contribution in [2.75, 3.05) is 34.4 Å². The van der Waals surface area contributed by atoms with Gasteiger partial charge in [-0.15, -0.1) is 0 Å². The molecular weight excluding hydrogens is 524 g/mol. The van der Waals surface area contributed by atoms with Crippen molar-refractivity contribution < 1.29 is 28.7 Å². The fourth-order valence-electron chi connectivity index (χ4n) is 5.74. The molecule has 0 aromatic carbocycles. The van der Waals surface area contributed by atoms with Crippen molar-refractivity contribution in [1.82, 2.24) is 20.0 Å². The van der Waals surface area contributed by atoms with Gasteiger partial charge < -0.3 is 24.6 Å². The maximum atomic E-state index is 13.7. The molecule has 0 unspecified atom stereocenters. The first-order chi connectivity index (χ1) is 19.1. The highest BCUT2D eigenvalue weighted by molar-refractivity contribution is 5.90. The lowest BCUT2D eigenvalue weighted by Gasteiger charge is -2.36. The predicted molar refractivity (Wildman–Crippen MR) is 161 cm³/mol. The second kappa shape index (κ2) is 17.2. The third-order valence-corrected chi connectivity index (χ3v) is 8.94. The summed E-state index contributed by atoms with van der Waals surface area (Å²) in [5, 5.41) is 3.00. The number of rotatable bonds is 17. The van der Waals surface area contributed by atoms with E-state index in [-0.39, 0.29) is 72.0 Å². The highest BCUT2D eigenvalue weighted by Gasteiger charge is 2.40. The Morgan fingerprint density at radius 2 is 1.61 bits per heavy atom. The van der Waals surface area contributed by atoms with E-state index in [9.17, 15) is 19.2 Å². The monoisotopic (exact) mass is 582 g/mol. The van der Waals surface area contributed by atoms with Gasteiger partial charge in [0.1, 0.15) is 11.8 Å². The molecule has 0 spiro atoms. The molecule has 1 aliphatic rings. The highest BCUT2D eigenvalue weighted by atomic mass is 16.5. The summed E-state index contributed by atoms with van der Waals surface area (Å²) in [7, 11) is 5.08. The number of methoxy groups -OCH3 is 2. The number of hydrogen-bond acceptors (Lipinski definition) is 7. The number of ether oxygens (including phenoxy) is 2. The number of ketones is 1. The quantitative estimate of drug-likeness (QED) is 0.281. The largest absolute Gasteiger partial charge is 0.381 e. The van der Waals surface area contributed by atoms with Gasteiger partial charge in [-0.1, -0.05) is 20.8 Å². The maximum Gasteiger partial charge on any atom is 0.245 e. The van der Waals surface area contributed by atoms with Crippen LogP contribution in [-0.2, 0) is 28.7 Å². The minimum Gasteiger partial charge on any atom is -0.381 e. The standard InChI is InChI=1S/C31H58N4O6/c1-13-34(31(39)28(19(2)3)32-30(38)23(8)33(10)20(4)5)21(6)17-25(40-11)18-27(37)35-16-14-15-26(35)29(41-12)22(7)24(9)36/h19-23,25-26,28-29H,13-18H2,1-12H3,(H,32,38)/t21-,22-,23-,25-,26-,28-,29+/m0/s1. The molecule has 0 aromatic rings. The summed E-state index contributed by atoms with van der Waals surface area (Å²) in [6, 6.07) is -1.19. The van der Waals surface area contributed by atoms with Crippen LogP contribution in [0, 0.1) is 11.8 Å². The predicted octanol–water partition coefficient (Wildman–Crippen LogP) is 3.12. The minimum absolute atomic E-state index is 0.0330. The van der Waals surface area contributed by atoms with Crippen LogP contribution in [-0.4, -0.2) is 115 Å². The Hall–Kier alpha value is -2.04. The van der Waals surface area contributed by atoms with Crippen LogP contribution in [0.4, 0.5) is 0 Å². The normalized spacial score (nSPS) is 20.1. The summed E-state index contributed by atoms with van der Waals surface area (Å²) in [5.74, 6) is -0.697. The second-order valence-electron chi connectivity index (χ2n) is 12.3. The lowest BCUT2D eigenvalue weighted by molar-refractivity contribution is -0.142. The molecule has 0 radical (unpaired) electrons. The van der Waals surface area contributed by atoms with Gasteiger partial charge in [0.15, 0.2) is 0 Å². The van der Waals surface area contributed by atoms with Crippen LogP contribution in [0.1, 0.15) is 88.0 Å². The average Bonchev–Trinajstić information content (AvgIpc) is 3.40. The van der Waals surface area contributed by atoms with Crippen LogP contribution in [0.3, 0.4) is 0 Å². The lowest BCUT2D eigenvalue weighted by atomic mass is 9.92. The van der Waals surface area contributed by atoms with Gasteiger partial charge in [-0.2, -0.15) is 0 Å². The number of hydrogen-bond donors (Lipinski definition) is 1.